The van der Waals surface area contributed by atoms with Crippen LogP contribution in [0.4, 0.5) is 13.2 Å². The van der Waals surface area contributed by atoms with Crippen LogP contribution in [0, 0.1) is 0 Å². The summed E-state index contributed by atoms with van der Waals surface area (Å²) in [6.45, 7) is 1.61. The maximum Gasteiger partial charge on any atom is 0.397 e. The van der Waals surface area contributed by atoms with Crippen molar-refractivity contribution in [3.63, 3.8) is 0 Å². The number of alkyl halides is 3. The van der Waals surface area contributed by atoms with Gasteiger partial charge in [-0.25, -0.2) is 9.28 Å². The Labute approximate surface area is 282 Å². The van der Waals surface area contributed by atoms with Gasteiger partial charge in [-0.05, 0) is 48.2 Å². The Morgan fingerprint density at radius 2 is 1.66 bits per heavy atom. The lowest BCUT2D eigenvalue weighted by atomic mass is 9.75. The molecule has 3 aromatic rings. The summed E-state index contributed by atoms with van der Waals surface area (Å²) < 4.78 is 39.2. The van der Waals surface area contributed by atoms with Gasteiger partial charge in [-0.2, -0.15) is 13.2 Å². The molecule has 1 unspecified atom stereocenters. The van der Waals surface area contributed by atoms with E-state index in [9.17, 15) is 27.6 Å². The van der Waals surface area contributed by atoms with Gasteiger partial charge < -0.3 is 10.2 Å². The van der Waals surface area contributed by atoms with Gasteiger partial charge in [0, 0.05) is 38.7 Å². The molecule has 1 spiro atoms. The van der Waals surface area contributed by atoms with Crippen molar-refractivity contribution in [2.24, 2.45) is 0 Å². The number of likely N-dealkylation sites (tertiary alicyclic amines) is 1. The van der Waals surface area contributed by atoms with Gasteiger partial charge in [0.15, 0.2) is 6.67 Å². The van der Waals surface area contributed by atoms with E-state index in [1.54, 1.807) is 55.6 Å². The number of quaternary nitrogens is 1. The molecule has 3 amide bonds. The molecule has 47 heavy (non-hydrogen) atoms. The number of halogens is 5. The maximum atomic E-state index is 14.4. The van der Waals surface area contributed by atoms with Gasteiger partial charge in [0.1, 0.15) is 12.5 Å². The predicted octanol–water partition coefficient (Wildman–Crippen LogP) is 6.74. The Morgan fingerprint density at radius 1 is 1.00 bits per heavy atom. The minimum atomic E-state index is -4.69. The number of nitrogens with zero attached hydrogens (tertiary/aromatic N) is 3. The number of fused-ring (bicyclic) bond motifs is 2. The van der Waals surface area contributed by atoms with E-state index < -0.39 is 34.6 Å². The van der Waals surface area contributed by atoms with E-state index >= 15 is 0 Å². The van der Waals surface area contributed by atoms with Gasteiger partial charge in [-0.1, -0.05) is 71.7 Å². The Kier molecular flexibility index (Phi) is 10.4. The first-order valence-corrected chi connectivity index (χ1v) is 16.3. The van der Waals surface area contributed by atoms with Gasteiger partial charge in [-0.3, -0.25) is 14.5 Å². The fourth-order valence-electron chi connectivity index (χ4n) is 7.06. The van der Waals surface area contributed by atoms with Crippen LogP contribution in [0.25, 0.3) is 0 Å². The molecule has 2 atom stereocenters. The zero-order valence-corrected chi connectivity index (χ0v) is 27.8. The Balaban J connectivity index is 1.44. The normalized spacial score (nSPS) is 18.1. The number of carbonyl (C=O) groups excluding carboxylic acids is 3. The van der Waals surface area contributed by atoms with Crippen molar-refractivity contribution < 1.29 is 32.0 Å². The number of carbonyl (C=O) groups is 3. The summed E-state index contributed by atoms with van der Waals surface area (Å²) in [5.41, 5.74) is 2.78. The third-order valence-electron chi connectivity index (χ3n) is 9.48. The van der Waals surface area contributed by atoms with Crippen LogP contribution in [0.5, 0.6) is 0 Å². The van der Waals surface area contributed by atoms with Crippen LogP contribution < -0.4 is 5.32 Å². The van der Waals surface area contributed by atoms with Crippen LogP contribution in [0.2, 0.25) is 10.0 Å². The first-order chi connectivity index (χ1) is 22.2. The molecule has 3 aromatic carbocycles. The predicted molar refractivity (Wildman–Crippen MR) is 175 cm³/mol. The molecule has 250 valence electrons. The molecule has 0 radical (unpaired) electrons. The molecule has 1 saturated heterocycles. The van der Waals surface area contributed by atoms with Crippen LogP contribution in [-0.4, -0.2) is 78.6 Å². The van der Waals surface area contributed by atoms with Crippen LogP contribution in [-0.2, 0) is 21.5 Å². The lowest BCUT2D eigenvalue weighted by molar-refractivity contribution is -0.870. The van der Waals surface area contributed by atoms with Crippen molar-refractivity contribution in [1.82, 2.24) is 15.1 Å². The van der Waals surface area contributed by atoms with Gasteiger partial charge in [0.25, 0.3) is 0 Å². The third-order valence-corrected chi connectivity index (χ3v) is 10.2. The summed E-state index contributed by atoms with van der Waals surface area (Å²) in [4.78, 5) is 43.0. The maximum absolute atomic E-state index is 14.4. The average Bonchev–Trinajstić information content (AvgIpc) is 3.03. The number of hydrogen-bond acceptors (Lipinski definition) is 4. The van der Waals surface area contributed by atoms with Crippen molar-refractivity contribution in [3.05, 3.63) is 105 Å². The highest BCUT2D eigenvalue weighted by Crippen LogP contribution is 2.40. The summed E-state index contributed by atoms with van der Waals surface area (Å²) in [5, 5.41) is 3.86. The zero-order chi connectivity index (χ0) is 34.0. The highest BCUT2D eigenvalue weighted by molar-refractivity contribution is 6.42. The molecule has 0 saturated carbocycles. The highest BCUT2D eigenvalue weighted by atomic mass is 35.5. The number of piperidine rings is 1. The first kappa shape index (κ1) is 34.9. The number of amides is 3. The van der Waals surface area contributed by atoms with Gasteiger partial charge in [0.05, 0.1) is 34.6 Å². The molecular weight excluding hydrogens is 652 g/mol. The standard InChI is InChI=1S/C35H37Cl2F3N4O3/c1-42(32(46)22-35(38,39)40)23-44(2,33(47)24-8-4-3-5-9-24)30(26-12-13-28(36)29(37)20-26)14-17-43-18-15-34(16-19-43)27-11-7-6-10-25(27)21-31(45)41-34/h3-13,20,30H,14-19,21-23H2,1-2H3/p+1/t30-,44?/m0/s1. The molecule has 12 heteroatoms. The number of nitrogens with one attached hydrogen (secondary N) is 1. The topological polar surface area (TPSA) is 69.7 Å². The van der Waals surface area contributed by atoms with Crippen molar-refractivity contribution in [3.8, 4) is 0 Å². The summed E-state index contributed by atoms with van der Waals surface area (Å²) in [5.74, 6) is -1.48. The minimum absolute atomic E-state index is 0.00788. The van der Waals surface area contributed by atoms with Gasteiger partial charge in [0.2, 0.25) is 11.8 Å². The minimum Gasteiger partial charge on any atom is -0.346 e. The van der Waals surface area contributed by atoms with Crippen molar-refractivity contribution >= 4 is 40.9 Å². The van der Waals surface area contributed by atoms with Crippen LogP contribution >= 0.6 is 23.2 Å². The molecule has 1 N–H and O–H groups in total. The number of rotatable bonds is 9. The van der Waals surface area contributed by atoms with Crippen LogP contribution in [0.1, 0.15) is 58.8 Å². The molecule has 2 heterocycles. The molecule has 5 rings (SSSR count). The highest BCUT2D eigenvalue weighted by Gasteiger charge is 2.46. The molecule has 0 aliphatic carbocycles. The quantitative estimate of drug-likeness (QED) is 0.200. The van der Waals surface area contributed by atoms with Crippen molar-refractivity contribution in [1.29, 1.82) is 0 Å². The Morgan fingerprint density at radius 3 is 2.32 bits per heavy atom. The third kappa shape index (κ3) is 7.83. The van der Waals surface area contributed by atoms with E-state index in [0.717, 1.165) is 16.0 Å². The second-order valence-electron chi connectivity index (χ2n) is 12.7. The zero-order valence-electron chi connectivity index (χ0n) is 26.3. The second kappa shape index (κ2) is 14.0. The molecule has 2 aliphatic rings. The SMILES string of the molecule is CN(C[N+](C)(C(=O)c1ccccc1)[C@@H](CCN1CCC2(CC1)NC(=O)Cc1ccccc12)c1ccc(Cl)c(Cl)c1)C(=O)CC(F)(F)F. The van der Waals surface area contributed by atoms with Gasteiger partial charge in [-0.15, -0.1) is 0 Å². The van der Waals surface area contributed by atoms with Crippen molar-refractivity contribution in [2.75, 3.05) is 40.4 Å². The molecule has 1 fully saturated rings. The van der Waals surface area contributed by atoms with E-state index in [-0.39, 0.29) is 23.5 Å². The summed E-state index contributed by atoms with van der Waals surface area (Å²) in [7, 11) is 2.94. The lowest BCUT2D eigenvalue weighted by Gasteiger charge is -2.46. The molecule has 7 nitrogen and oxygen atoms in total. The van der Waals surface area contributed by atoms with Gasteiger partial charge >= 0.3 is 12.1 Å². The van der Waals surface area contributed by atoms with E-state index in [1.807, 2.05) is 18.2 Å². The largest absolute Gasteiger partial charge is 0.397 e. The van der Waals surface area contributed by atoms with E-state index in [1.165, 1.54) is 7.05 Å². The van der Waals surface area contributed by atoms with Crippen LogP contribution in [0.15, 0.2) is 72.8 Å². The van der Waals surface area contributed by atoms with E-state index in [0.29, 0.717) is 61.5 Å². The summed E-state index contributed by atoms with van der Waals surface area (Å²) >= 11 is 12.7. The number of hydrogen-bond donors (Lipinski definition) is 1. The lowest BCUT2D eigenvalue weighted by Crippen LogP contribution is -2.58. The molecule has 2 aliphatic heterocycles. The second-order valence-corrected chi connectivity index (χ2v) is 13.6. The number of benzene rings is 3. The monoisotopic (exact) mass is 689 g/mol. The van der Waals surface area contributed by atoms with Crippen LogP contribution in [0.3, 0.4) is 0 Å². The van der Waals surface area contributed by atoms with E-state index in [4.69, 9.17) is 23.2 Å². The summed E-state index contributed by atoms with van der Waals surface area (Å²) in [6.07, 6.45) is -4.13. The average molecular weight is 691 g/mol. The van der Waals surface area contributed by atoms with E-state index in [2.05, 4.69) is 16.3 Å². The summed E-state index contributed by atoms with van der Waals surface area (Å²) in [6, 6.07) is 21.0. The molecule has 0 aromatic heterocycles. The first-order valence-electron chi connectivity index (χ1n) is 15.5. The smallest absolute Gasteiger partial charge is 0.346 e. The molecule has 0 bridgehead atoms. The fraction of sp³-hybridized carbons (Fsp3) is 0.400. The van der Waals surface area contributed by atoms with Crippen molar-refractivity contribution in [2.45, 2.75) is 49.9 Å². The Hall–Kier alpha value is -3.44. The molecular formula is C35H38Cl2F3N4O3+. The fourth-order valence-corrected chi connectivity index (χ4v) is 7.36. The Bertz CT molecular complexity index is 1630.